The molecule has 0 radical (unpaired) electrons. The highest BCUT2D eigenvalue weighted by atomic mass is 32.1. The van der Waals surface area contributed by atoms with Crippen molar-refractivity contribution in [1.82, 2.24) is 15.1 Å². The van der Waals surface area contributed by atoms with Crippen LogP contribution in [0, 0.1) is 6.92 Å². The Kier molecular flexibility index (Phi) is 6.28. The zero-order valence-electron chi connectivity index (χ0n) is 14.5. The van der Waals surface area contributed by atoms with E-state index >= 15 is 0 Å². The fraction of sp³-hybridized carbons (Fsp3) is 0.647. The van der Waals surface area contributed by atoms with Gasteiger partial charge in [0.15, 0.2) is 0 Å². The molecule has 0 unspecified atom stereocenters. The van der Waals surface area contributed by atoms with Crippen LogP contribution in [0.3, 0.4) is 0 Å². The third-order valence-electron chi connectivity index (χ3n) is 4.45. The number of morpholine rings is 1. The molecule has 2 aliphatic heterocycles. The summed E-state index contributed by atoms with van der Waals surface area (Å²) in [4.78, 5) is 30.5. The highest BCUT2D eigenvalue weighted by Crippen LogP contribution is 2.21. The Labute approximate surface area is 151 Å². The van der Waals surface area contributed by atoms with Gasteiger partial charge in [0.1, 0.15) is 12.6 Å². The monoisotopic (exact) mass is 367 g/mol. The van der Waals surface area contributed by atoms with Crippen molar-refractivity contribution in [1.29, 1.82) is 0 Å². The summed E-state index contributed by atoms with van der Waals surface area (Å²) >= 11 is 1.63. The highest BCUT2D eigenvalue weighted by Gasteiger charge is 2.38. The van der Waals surface area contributed by atoms with Gasteiger partial charge in [0.25, 0.3) is 0 Å². The number of ether oxygens (including phenoxy) is 2. The Morgan fingerprint density at radius 3 is 2.88 bits per heavy atom. The Hall–Kier alpha value is -1.64. The third kappa shape index (κ3) is 4.93. The molecule has 7 nitrogen and oxygen atoms in total. The van der Waals surface area contributed by atoms with Gasteiger partial charge in [0.2, 0.25) is 5.91 Å². The van der Waals surface area contributed by atoms with E-state index in [9.17, 15) is 9.59 Å². The molecule has 0 bridgehead atoms. The van der Waals surface area contributed by atoms with Crippen LogP contribution in [0.4, 0.5) is 4.79 Å². The predicted octanol–water partition coefficient (Wildman–Crippen LogP) is 1.22. The minimum Gasteiger partial charge on any atom is -0.447 e. The summed E-state index contributed by atoms with van der Waals surface area (Å²) in [7, 11) is 0. The van der Waals surface area contributed by atoms with Crippen LogP contribution in [0.15, 0.2) is 12.1 Å². The summed E-state index contributed by atoms with van der Waals surface area (Å²) in [5, 5.41) is 2.94. The lowest BCUT2D eigenvalue weighted by Crippen LogP contribution is -2.46. The van der Waals surface area contributed by atoms with Crippen LogP contribution in [0.1, 0.15) is 16.2 Å². The van der Waals surface area contributed by atoms with Crippen molar-refractivity contribution in [2.24, 2.45) is 0 Å². The zero-order chi connectivity index (χ0) is 17.6. The van der Waals surface area contributed by atoms with Crippen molar-refractivity contribution in [3.05, 3.63) is 21.9 Å². The molecule has 8 heteroatoms. The van der Waals surface area contributed by atoms with Gasteiger partial charge in [-0.2, -0.15) is 0 Å². The largest absolute Gasteiger partial charge is 0.447 e. The van der Waals surface area contributed by atoms with Gasteiger partial charge in [-0.3, -0.25) is 14.6 Å². The summed E-state index contributed by atoms with van der Waals surface area (Å²) in [5.41, 5.74) is 0. The van der Waals surface area contributed by atoms with Crippen LogP contribution in [-0.2, 0) is 20.8 Å². The number of nitrogens with zero attached hydrogens (tertiary/aromatic N) is 2. The molecule has 3 rings (SSSR count). The second-order valence-electron chi connectivity index (χ2n) is 6.33. The maximum absolute atomic E-state index is 12.4. The van der Waals surface area contributed by atoms with Gasteiger partial charge < -0.3 is 14.8 Å². The summed E-state index contributed by atoms with van der Waals surface area (Å²) in [5.74, 6) is -0.138. The molecule has 2 fully saturated rings. The Morgan fingerprint density at radius 1 is 1.36 bits per heavy atom. The fourth-order valence-electron chi connectivity index (χ4n) is 3.04. The van der Waals surface area contributed by atoms with Gasteiger partial charge in [0, 0.05) is 29.4 Å². The summed E-state index contributed by atoms with van der Waals surface area (Å²) in [6, 6.07) is 3.46. The van der Waals surface area contributed by atoms with Gasteiger partial charge in [-0.05, 0) is 32.0 Å². The molecular formula is C17H25N3O4S. The smallest absolute Gasteiger partial charge is 0.410 e. The van der Waals surface area contributed by atoms with E-state index in [4.69, 9.17) is 9.47 Å². The molecule has 2 aliphatic rings. The van der Waals surface area contributed by atoms with E-state index in [1.807, 2.05) is 19.1 Å². The molecule has 0 spiro atoms. The van der Waals surface area contributed by atoms with Gasteiger partial charge in [0.05, 0.1) is 19.8 Å². The van der Waals surface area contributed by atoms with Crippen LogP contribution in [0.5, 0.6) is 0 Å². The molecule has 3 heterocycles. The van der Waals surface area contributed by atoms with E-state index in [2.05, 4.69) is 10.2 Å². The maximum Gasteiger partial charge on any atom is 0.410 e. The number of amides is 2. The van der Waals surface area contributed by atoms with Crippen molar-refractivity contribution in [2.75, 3.05) is 46.0 Å². The highest BCUT2D eigenvalue weighted by molar-refractivity contribution is 7.11. The molecule has 0 aromatic carbocycles. The molecular weight excluding hydrogens is 342 g/mol. The lowest BCUT2D eigenvalue weighted by atomic mass is 10.2. The summed E-state index contributed by atoms with van der Waals surface area (Å²) < 4.78 is 10.4. The average Bonchev–Trinajstić information content (AvgIpc) is 3.19. The van der Waals surface area contributed by atoms with E-state index < -0.39 is 12.1 Å². The second-order valence-corrected chi connectivity index (χ2v) is 7.70. The average molecular weight is 367 g/mol. The Bertz CT molecular complexity index is 600. The first-order valence-electron chi connectivity index (χ1n) is 8.70. The molecule has 138 valence electrons. The Balaban J connectivity index is 1.44. The van der Waals surface area contributed by atoms with Crippen molar-refractivity contribution >= 4 is 23.3 Å². The van der Waals surface area contributed by atoms with Gasteiger partial charge in [-0.25, -0.2) is 4.79 Å². The summed E-state index contributed by atoms with van der Waals surface area (Å²) in [6.45, 7) is 7.58. The van der Waals surface area contributed by atoms with Gasteiger partial charge >= 0.3 is 6.09 Å². The molecule has 25 heavy (non-hydrogen) atoms. The molecule has 1 atom stereocenters. The second kappa shape index (κ2) is 8.64. The number of aryl methyl sites for hydroxylation is 1. The number of hydrogen-bond donors (Lipinski definition) is 1. The van der Waals surface area contributed by atoms with E-state index in [-0.39, 0.29) is 12.5 Å². The van der Waals surface area contributed by atoms with Crippen LogP contribution >= 0.6 is 11.3 Å². The van der Waals surface area contributed by atoms with Crippen molar-refractivity contribution in [3.8, 4) is 0 Å². The predicted molar refractivity (Wildman–Crippen MR) is 94.6 cm³/mol. The molecule has 0 saturated carbocycles. The number of rotatable bonds is 7. The molecule has 1 aromatic rings. The zero-order valence-corrected chi connectivity index (χ0v) is 15.3. The lowest BCUT2D eigenvalue weighted by molar-refractivity contribution is -0.125. The first-order chi connectivity index (χ1) is 12.1. The molecule has 2 amide bonds. The summed E-state index contributed by atoms with van der Waals surface area (Å²) in [6.07, 6.45) is 0.469. The minimum atomic E-state index is -0.543. The van der Waals surface area contributed by atoms with E-state index in [0.29, 0.717) is 13.1 Å². The number of carbonyl (C=O) groups excluding carboxylic acids is 2. The number of cyclic esters (lactones) is 1. The third-order valence-corrected chi connectivity index (χ3v) is 5.44. The molecule has 2 saturated heterocycles. The Morgan fingerprint density at radius 2 is 2.16 bits per heavy atom. The number of nitrogens with one attached hydrogen (secondary N) is 1. The van der Waals surface area contributed by atoms with Crippen molar-refractivity contribution in [2.45, 2.75) is 25.9 Å². The molecule has 1 aromatic heterocycles. The van der Waals surface area contributed by atoms with Crippen LogP contribution in [0.25, 0.3) is 0 Å². The van der Waals surface area contributed by atoms with Gasteiger partial charge in [-0.1, -0.05) is 0 Å². The standard InChI is InChI=1S/C17H25N3O4S/c1-13-3-4-14(25-13)11-20-15(12-24-17(20)22)16(21)18-5-2-6-19-7-9-23-10-8-19/h3-4,15H,2,5-12H2,1H3,(H,18,21)/t15-/m0/s1. The van der Waals surface area contributed by atoms with Crippen LogP contribution < -0.4 is 5.32 Å². The minimum absolute atomic E-state index is 0.123. The first kappa shape index (κ1) is 18.2. The first-order valence-corrected chi connectivity index (χ1v) is 9.51. The SMILES string of the molecule is Cc1ccc(CN2C(=O)OC[C@H]2C(=O)NCCCN2CCOCC2)s1. The topological polar surface area (TPSA) is 71.1 Å². The quantitative estimate of drug-likeness (QED) is 0.734. The number of thiophene rings is 1. The van der Waals surface area contributed by atoms with Gasteiger partial charge in [-0.15, -0.1) is 11.3 Å². The molecule has 0 aliphatic carbocycles. The maximum atomic E-state index is 12.4. The van der Waals surface area contributed by atoms with E-state index in [1.165, 1.54) is 9.78 Å². The van der Waals surface area contributed by atoms with Crippen LogP contribution in [0.2, 0.25) is 0 Å². The fourth-order valence-corrected chi connectivity index (χ4v) is 3.93. The van der Waals surface area contributed by atoms with Crippen molar-refractivity contribution < 1.29 is 19.1 Å². The number of carbonyl (C=O) groups is 2. The van der Waals surface area contributed by atoms with Crippen LogP contribution in [-0.4, -0.2) is 73.8 Å². The molecule has 1 N–H and O–H groups in total. The van der Waals surface area contributed by atoms with Crippen molar-refractivity contribution in [3.63, 3.8) is 0 Å². The van der Waals surface area contributed by atoms with E-state index in [1.54, 1.807) is 11.3 Å². The number of hydrogen-bond acceptors (Lipinski definition) is 6. The lowest BCUT2D eigenvalue weighted by Gasteiger charge is -2.26. The normalized spacial score (nSPS) is 21.4. The van der Waals surface area contributed by atoms with E-state index in [0.717, 1.165) is 44.1 Å².